The lowest BCUT2D eigenvalue weighted by atomic mass is 10.1. The Morgan fingerprint density at radius 2 is 1.61 bits per heavy atom. The Balaban J connectivity index is 2.39. The SMILES string of the molecule is CCCCCOc1ccc(C(=O)CCC(=O)OCC(=O)N(CCC#N)CCC#N)cc1. The van der Waals surface area contributed by atoms with Crippen molar-refractivity contribution in [3.8, 4) is 17.9 Å². The molecule has 1 rings (SSSR count). The summed E-state index contributed by atoms with van der Waals surface area (Å²) < 4.78 is 10.6. The number of hydrogen-bond donors (Lipinski definition) is 0. The predicted octanol–water partition coefficient (Wildman–Crippen LogP) is 3.42. The van der Waals surface area contributed by atoms with Crippen molar-refractivity contribution in [2.45, 2.75) is 51.9 Å². The Bertz CT molecular complexity index is 775. The molecule has 0 saturated heterocycles. The number of ketones is 1. The third-order valence-corrected chi connectivity index (χ3v) is 4.45. The van der Waals surface area contributed by atoms with Crippen molar-refractivity contribution < 1.29 is 23.9 Å². The van der Waals surface area contributed by atoms with Crippen LogP contribution in [0.25, 0.3) is 0 Å². The van der Waals surface area contributed by atoms with Gasteiger partial charge in [0, 0.05) is 25.1 Å². The van der Waals surface area contributed by atoms with Gasteiger partial charge in [0.15, 0.2) is 12.4 Å². The number of nitriles is 2. The van der Waals surface area contributed by atoms with Crippen molar-refractivity contribution in [1.82, 2.24) is 4.90 Å². The van der Waals surface area contributed by atoms with E-state index in [9.17, 15) is 14.4 Å². The van der Waals surface area contributed by atoms with Crippen molar-refractivity contribution in [3.05, 3.63) is 29.8 Å². The van der Waals surface area contributed by atoms with Crippen LogP contribution in [0.4, 0.5) is 0 Å². The number of hydrogen-bond acceptors (Lipinski definition) is 7. The molecule has 0 aliphatic rings. The topological polar surface area (TPSA) is 120 Å². The Kier molecular flexibility index (Phi) is 12.8. The molecule has 0 radical (unpaired) electrons. The maximum absolute atomic E-state index is 12.3. The Morgan fingerprint density at radius 1 is 0.968 bits per heavy atom. The molecule has 0 aliphatic heterocycles. The molecule has 0 heterocycles. The van der Waals surface area contributed by atoms with Crippen molar-refractivity contribution in [3.63, 3.8) is 0 Å². The van der Waals surface area contributed by atoms with Gasteiger partial charge in [0.05, 0.1) is 38.0 Å². The molecule has 8 heteroatoms. The highest BCUT2D eigenvalue weighted by Crippen LogP contribution is 2.15. The molecule has 0 unspecified atom stereocenters. The third kappa shape index (κ3) is 10.8. The molecule has 1 aromatic carbocycles. The van der Waals surface area contributed by atoms with Crippen molar-refractivity contribution in [2.24, 2.45) is 0 Å². The van der Waals surface area contributed by atoms with Gasteiger partial charge in [-0.15, -0.1) is 0 Å². The van der Waals surface area contributed by atoms with Crippen LogP contribution in [0.2, 0.25) is 0 Å². The molecule has 8 nitrogen and oxygen atoms in total. The van der Waals surface area contributed by atoms with E-state index in [1.807, 2.05) is 12.1 Å². The van der Waals surface area contributed by atoms with E-state index >= 15 is 0 Å². The number of benzene rings is 1. The number of unbranched alkanes of at least 4 members (excludes halogenated alkanes) is 2. The van der Waals surface area contributed by atoms with Gasteiger partial charge < -0.3 is 14.4 Å². The highest BCUT2D eigenvalue weighted by atomic mass is 16.5. The first kappa shape index (κ1) is 25.6. The molecule has 0 N–H and O–H groups in total. The number of nitrogens with zero attached hydrogens (tertiary/aromatic N) is 3. The maximum atomic E-state index is 12.3. The van der Waals surface area contributed by atoms with Crippen LogP contribution < -0.4 is 4.74 Å². The standard InChI is InChI=1S/C23H29N3O5/c1-2-3-4-17-30-20-9-7-19(8-10-20)21(27)11-12-23(29)31-18-22(28)26(15-5-13-24)16-6-14-25/h7-10H,2-6,11-12,15-18H2,1H3. The number of amides is 1. The number of Topliss-reactive ketones (excluding diaryl/α,β-unsaturated/α-hetero) is 1. The van der Waals surface area contributed by atoms with Gasteiger partial charge in [-0.25, -0.2) is 0 Å². The van der Waals surface area contributed by atoms with Crippen molar-refractivity contribution in [2.75, 3.05) is 26.3 Å². The van der Waals surface area contributed by atoms with Crippen LogP contribution in [0, 0.1) is 22.7 Å². The van der Waals surface area contributed by atoms with Crippen LogP contribution in [-0.2, 0) is 14.3 Å². The normalized spacial score (nSPS) is 9.90. The third-order valence-electron chi connectivity index (χ3n) is 4.45. The zero-order valence-electron chi connectivity index (χ0n) is 18.0. The largest absolute Gasteiger partial charge is 0.494 e. The van der Waals surface area contributed by atoms with Crippen molar-refractivity contribution in [1.29, 1.82) is 10.5 Å². The summed E-state index contributed by atoms with van der Waals surface area (Å²) in [6.07, 6.45) is 3.29. The van der Waals surface area contributed by atoms with E-state index < -0.39 is 18.5 Å². The summed E-state index contributed by atoms with van der Waals surface area (Å²) >= 11 is 0. The van der Waals surface area contributed by atoms with Crippen LogP contribution in [-0.4, -0.2) is 48.9 Å². The van der Waals surface area contributed by atoms with Gasteiger partial charge in [-0.1, -0.05) is 19.8 Å². The molecule has 0 bridgehead atoms. The number of esters is 1. The second-order valence-electron chi connectivity index (χ2n) is 6.86. The summed E-state index contributed by atoms with van der Waals surface area (Å²) in [5, 5.41) is 17.3. The molecule has 31 heavy (non-hydrogen) atoms. The van der Waals surface area contributed by atoms with Gasteiger partial charge in [-0.05, 0) is 30.7 Å². The van der Waals surface area contributed by atoms with E-state index in [1.54, 1.807) is 24.3 Å². The molecule has 0 spiro atoms. The fourth-order valence-corrected chi connectivity index (χ4v) is 2.68. The lowest BCUT2D eigenvalue weighted by Gasteiger charge is -2.20. The van der Waals surface area contributed by atoms with Crippen molar-refractivity contribution >= 4 is 17.7 Å². The average Bonchev–Trinajstić information content (AvgIpc) is 2.79. The monoisotopic (exact) mass is 427 g/mol. The number of carbonyl (C=O) groups excluding carboxylic acids is 3. The Hall–Kier alpha value is -3.39. The molecule has 0 atom stereocenters. The number of carbonyl (C=O) groups is 3. The summed E-state index contributed by atoms with van der Waals surface area (Å²) in [5.74, 6) is -0.633. The minimum atomic E-state index is -0.655. The molecule has 0 fully saturated rings. The second kappa shape index (κ2) is 15.4. The van der Waals surface area contributed by atoms with Gasteiger partial charge in [0.1, 0.15) is 5.75 Å². The molecule has 1 aromatic rings. The first-order chi connectivity index (χ1) is 15.0. The van der Waals surface area contributed by atoms with E-state index in [1.165, 1.54) is 4.90 Å². The van der Waals surface area contributed by atoms with Crippen LogP contribution in [0.5, 0.6) is 5.75 Å². The fraction of sp³-hybridized carbons (Fsp3) is 0.522. The predicted molar refractivity (Wildman–Crippen MR) is 113 cm³/mol. The van der Waals surface area contributed by atoms with E-state index in [0.717, 1.165) is 19.3 Å². The van der Waals surface area contributed by atoms with Gasteiger partial charge in [0.2, 0.25) is 0 Å². The van der Waals surface area contributed by atoms with Gasteiger partial charge >= 0.3 is 5.97 Å². The molecule has 0 saturated carbocycles. The first-order valence-corrected chi connectivity index (χ1v) is 10.4. The Labute approximate surface area is 183 Å². The van der Waals surface area contributed by atoms with Crippen LogP contribution >= 0.6 is 0 Å². The molecule has 1 amide bonds. The van der Waals surface area contributed by atoms with Crippen LogP contribution in [0.1, 0.15) is 62.2 Å². The van der Waals surface area contributed by atoms with Gasteiger partial charge in [-0.3, -0.25) is 14.4 Å². The number of ether oxygens (including phenoxy) is 2. The lowest BCUT2D eigenvalue weighted by molar-refractivity contribution is -0.152. The maximum Gasteiger partial charge on any atom is 0.306 e. The quantitative estimate of drug-likeness (QED) is 0.239. The molecule has 166 valence electrons. The zero-order chi connectivity index (χ0) is 22.9. The van der Waals surface area contributed by atoms with Crippen LogP contribution in [0.3, 0.4) is 0 Å². The summed E-state index contributed by atoms with van der Waals surface area (Å²) in [7, 11) is 0. The van der Waals surface area contributed by atoms with Crippen LogP contribution in [0.15, 0.2) is 24.3 Å². The van der Waals surface area contributed by atoms with E-state index in [2.05, 4.69) is 6.92 Å². The molecule has 0 aromatic heterocycles. The smallest absolute Gasteiger partial charge is 0.306 e. The van der Waals surface area contributed by atoms with E-state index in [4.69, 9.17) is 20.0 Å². The minimum Gasteiger partial charge on any atom is -0.494 e. The van der Waals surface area contributed by atoms with E-state index in [-0.39, 0.29) is 44.6 Å². The average molecular weight is 428 g/mol. The Morgan fingerprint density at radius 3 is 2.19 bits per heavy atom. The summed E-state index contributed by atoms with van der Waals surface area (Å²) in [4.78, 5) is 37.6. The zero-order valence-corrected chi connectivity index (χ0v) is 18.0. The number of rotatable bonds is 15. The molecule has 0 aliphatic carbocycles. The summed E-state index contributed by atoms with van der Waals surface area (Å²) in [6.45, 7) is 2.62. The second-order valence-corrected chi connectivity index (χ2v) is 6.86. The lowest BCUT2D eigenvalue weighted by Crippen LogP contribution is -2.36. The highest BCUT2D eigenvalue weighted by molar-refractivity contribution is 5.97. The first-order valence-electron chi connectivity index (χ1n) is 10.4. The minimum absolute atomic E-state index is 0.0314. The summed E-state index contributed by atoms with van der Waals surface area (Å²) in [5.41, 5.74) is 0.476. The fourth-order valence-electron chi connectivity index (χ4n) is 2.68. The molecular formula is C23H29N3O5. The molecular weight excluding hydrogens is 398 g/mol. The highest BCUT2D eigenvalue weighted by Gasteiger charge is 2.16. The van der Waals surface area contributed by atoms with E-state index in [0.29, 0.717) is 17.9 Å². The van der Waals surface area contributed by atoms with Gasteiger partial charge in [0.25, 0.3) is 5.91 Å². The van der Waals surface area contributed by atoms with Gasteiger partial charge in [-0.2, -0.15) is 10.5 Å². The summed E-state index contributed by atoms with van der Waals surface area (Å²) in [6, 6.07) is 10.6.